The predicted octanol–water partition coefficient (Wildman–Crippen LogP) is 4.65. The summed E-state index contributed by atoms with van der Waals surface area (Å²) in [5, 5.41) is 11.2. The van der Waals surface area contributed by atoms with Gasteiger partial charge < -0.3 is 9.84 Å². The number of ether oxygens (including phenoxy) is 1. The first kappa shape index (κ1) is 21.5. The number of anilines is 1. The summed E-state index contributed by atoms with van der Waals surface area (Å²) in [6, 6.07) is 10.3. The average Bonchev–Trinajstić information content (AvgIpc) is 3.06. The van der Waals surface area contributed by atoms with Crippen LogP contribution >= 0.6 is 11.6 Å². The zero-order chi connectivity index (χ0) is 23.0. The average molecular weight is 457 g/mol. The minimum absolute atomic E-state index is 0.134. The summed E-state index contributed by atoms with van der Waals surface area (Å²) in [6.07, 6.45) is 1.42. The van der Waals surface area contributed by atoms with Gasteiger partial charge in [-0.3, -0.25) is 19.5 Å². The van der Waals surface area contributed by atoms with Crippen molar-refractivity contribution in [1.82, 2.24) is 4.98 Å². The fourth-order valence-corrected chi connectivity index (χ4v) is 3.80. The van der Waals surface area contributed by atoms with Gasteiger partial charge in [0.15, 0.2) is 0 Å². The number of carbonyl (C=O) groups excluding carboxylic acids is 2. The van der Waals surface area contributed by atoms with Crippen molar-refractivity contribution >= 4 is 34.7 Å². The summed E-state index contributed by atoms with van der Waals surface area (Å²) in [6.45, 7) is 0. The van der Waals surface area contributed by atoms with Crippen molar-refractivity contribution < 1.29 is 28.2 Å². The zero-order valence-corrected chi connectivity index (χ0v) is 17.3. The lowest BCUT2D eigenvalue weighted by atomic mass is 9.98. The number of methoxy groups -OCH3 is 1. The Kier molecular flexibility index (Phi) is 5.63. The Balaban J connectivity index is 1.96. The topological polar surface area (TPSA) is 79.7 Å². The van der Waals surface area contributed by atoms with Crippen LogP contribution in [0.4, 0.5) is 14.5 Å². The summed E-state index contributed by atoms with van der Waals surface area (Å²) in [7, 11) is 1.42. The number of hydrogen-bond donors (Lipinski definition) is 1. The lowest BCUT2D eigenvalue weighted by molar-refractivity contribution is -0.132. The van der Waals surface area contributed by atoms with Crippen LogP contribution in [0.15, 0.2) is 66.4 Å². The largest absolute Gasteiger partial charge is 0.507 e. The van der Waals surface area contributed by atoms with E-state index >= 15 is 0 Å². The van der Waals surface area contributed by atoms with Crippen molar-refractivity contribution in [2.45, 2.75) is 6.04 Å². The number of benzene rings is 2. The number of Topliss-reactive ketones (excluding diaryl/α,β-unsaturated/α-hetero) is 1. The number of aliphatic hydroxyl groups is 1. The third-order valence-corrected chi connectivity index (χ3v) is 5.30. The Hall–Kier alpha value is -3.78. The maximum atomic E-state index is 14.6. The van der Waals surface area contributed by atoms with Gasteiger partial charge in [-0.2, -0.15) is 0 Å². The summed E-state index contributed by atoms with van der Waals surface area (Å²) >= 11 is 6.14. The van der Waals surface area contributed by atoms with Gasteiger partial charge in [-0.25, -0.2) is 8.78 Å². The number of pyridine rings is 1. The van der Waals surface area contributed by atoms with E-state index in [1.54, 1.807) is 12.1 Å². The first-order valence-corrected chi connectivity index (χ1v) is 9.72. The van der Waals surface area contributed by atoms with Crippen LogP contribution in [0.1, 0.15) is 17.3 Å². The molecule has 0 bridgehead atoms. The highest BCUT2D eigenvalue weighted by Gasteiger charge is 2.48. The van der Waals surface area contributed by atoms with E-state index in [0.717, 1.165) is 23.1 Å². The molecule has 9 heteroatoms. The van der Waals surface area contributed by atoms with Gasteiger partial charge in [0.25, 0.3) is 11.7 Å². The standard InChI is InChI=1S/C23H15ClF2N2O4/c1-32-18-8-5-12(10-14(18)24)21(29)19-20(16-4-2-3-9-27-16)28(23(31)22(19)30)17-11-13(25)6-7-15(17)26/h2-11,20,29H,1H3/b21-19+. The maximum absolute atomic E-state index is 14.6. The molecule has 1 aromatic heterocycles. The van der Waals surface area contributed by atoms with E-state index in [2.05, 4.69) is 4.98 Å². The molecule has 4 rings (SSSR count). The molecule has 1 fully saturated rings. The minimum Gasteiger partial charge on any atom is -0.507 e. The van der Waals surface area contributed by atoms with Crippen LogP contribution in [0, 0.1) is 11.6 Å². The van der Waals surface area contributed by atoms with Crippen molar-refractivity contribution in [1.29, 1.82) is 0 Å². The zero-order valence-electron chi connectivity index (χ0n) is 16.6. The van der Waals surface area contributed by atoms with E-state index in [1.165, 1.54) is 37.6 Å². The number of aromatic nitrogens is 1. The Morgan fingerprint density at radius 3 is 2.56 bits per heavy atom. The van der Waals surface area contributed by atoms with Crippen molar-refractivity contribution in [3.05, 3.63) is 94.3 Å². The molecule has 1 unspecified atom stereocenters. The first-order valence-electron chi connectivity index (χ1n) is 9.34. The molecule has 0 saturated carbocycles. The van der Waals surface area contributed by atoms with Gasteiger partial charge in [-0.05, 0) is 42.5 Å². The molecule has 2 aromatic carbocycles. The molecular formula is C23H15ClF2N2O4. The molecule has 1 amide bonds. The smallest absolute Gasteiger partial charge is 0.300 e. The molecule has 6 nitrogen and oxygen atoms in total. The number of amides is 1. The Morgan fingerprint density at radius 2 is 1.91 bits per heavy atom. The molecule has 162 valence electrons. The highest BCUT2D eigenvalue weighted by Crippen LogP contribution is 2.42. The van der Waals surface area contributed by atoms with Crippen LogP contribution in [0.5, 0.6) is 5.75 Å². The SMILES string of the molecule is COc1ccc(/C(O)=C2\C(=O)C(=O)N(c3cc(F)ccc3F)C2c2ccccn2)cc1Cl. The van der Waals surface area contributed by atoms with Crippen molar-refractivity contribution in [3.8, 4) is 5.75 Å². The highest BCUT2D eigenvalue weighted by molar-refractivity contribution is 6.51. The van der Waals surface area contributed by atoms with Gasteiger partial charge in [0, 0.05) is 17.8 Å². The van der Waals surface area contributed by atoms with Gasteiger partial charge in [0.2, 0.25) is 0 Å². The van der Waals surface area contributed by atoms with E-state index in [9.17, 15) is 23.5 Å². The summed E-state index contributed by atoms with van der Waals surface area (Å²) in [5.74, 6) is -4.12. The molecule has 1 saturated heterocycles. The van der Waals surface area contributed by atoms with Gasteiger partial charge in [0.05, 0.1) is 29.1 Å². The fraction of sp³-hybridized carbons (Fsp3) is 0.0870. The maximum Gasteiger partial charge on any atom is 0.300 e. The van der Waals surface area contributed by atoms with E-state index < -0.39 is 40.8 Å². The molecular weight excluding hydrogens is 442 g/mol. The van der Waals surface area contributed by atoms with Crippen LogP contribution in [0.2, 0.25) is 5.02 Å². The quantitative estimate of drug-likeness (QED) is 0.351. The molecule has 1 atom stereocenters. The fourth-order valence-electron chi connectivity index (χ4n) is 3.54. The van der Waals surface area contributed by atoms with Gasteiger partial charge in [-0.15, -0.1) is 0 Å². The summed E-state index contributed by atoms with van der Waals surface area (Å²) in [5.41, 5.74) is -0.473. The van der Waals surface area contributed by atoms with Crippen LogP contribution in [0.3, 0.4) is 0 Å². The summed E-state index contributed by atoms with van der Waals surface area (Å²) in [4.78, 5) is 30.9. The van der Waals surface area contributed by atoms with E-state index in [-0.39, 0.29) is 21.9 Å². The van der Waals surface area contributed by atoms with Crippen molar-refractivity contribution in [2.24, 2.45) is 0 Å². The third-order valence-electron chi connectivity index (χ3n) is 5.01. The normalized spacial score (nSPS) is 17.6. The van der Waals surface area contributed by atoms with Gasteiger partial charge >= 0.3 is 0 Å². The number of carbonyl (C=O) groups is 2. The number of rotatable bonds is 4. The van der Waals surface area contributed by atoms with Crippen molar-refractivity contribution in [3.63, 3.8) is 0 Å². The number of halogens is 3. The second-order valence-corrected chi connectivity index (χ2v) is 7.28. The highest BCUT2D eigenvalue weighted by atomic mass is 35.5. The Morgan fingerprint density at radius 1 is 1.12 bits per heavy atom. The minimum atomic E-state index is -1.30. The summed E-state index contributed by atoms with van der Waals surface area (Å²) < 4.78 is 33.6. The second kappa shape index (κ2) is 8.39. The number of aliphatic hydroxyl groups excluding tert-OH is 1. The number of ketones is 1. The van der Waals surface area contributed by atoms with Crippen LogP contribution in [-0.2, 0) is 9.59 Å². The van der Waals surface area contributed by atoms with Crippen LogP contribution in [0.25, 0.3) is 5.76 Å². The second-order valence-electron chi connectivity index (χ2n) is 6.87. The monoisotopic (exact) mass is 456 g/mol. The molecule has 2 heterocycles. The van der Waals surface area contributed by atoms with Crippen LogP contribution in [-0.4, -0.2) is 28.9 Å². The molecule has 0 spiro atoms. The van der Waals surface area contributed by atoms with Crippen molar-refractivity contribution in [2.75, 3.05) is 12.0 Å². The molecule has 0 aliphatic carbocycles. The molecule has 1 aliphatic rings. The number of hydrogen-bond acceptors (Lipinski definition) is 5. The first-order chi connectivity index (χ1) is 15.3. The molecule has 1 N–H and O–H groups in total. The lowest BCUT2D eigenvalue weighted by Gasteiger charge is -2.25. The molecule has 32 heavy (non-hydrogen) atoms. The van der Waals surface area contributed by atoms with E-state index in [0.29, 0.717) is 5.75 Å². The Bertz CT molecular complexity index is 1260. The molecule has 1 aliphatic heterocycles. The molecule has 3 aromatic rings. The lowest BCUT2D eigenvalue weighted by Crippen LogP contribution is -2.30. The van der Waals surface area contributed by atoms with Gasteiger partial charge in [-0.1, -0.05) is 17.7 Å². The molecule has 0 radical (unpaired) electrons. The third kappa shape index (κ3) is 3.58. The van der Waals surface area contributed by atoms with E-state index in [1.807, 2.05) is 0 Å². The number of nitrogens with zero attached hydrogens (tertiary/aromatic N) is 2. The van der Waals surface area contributed by atoms with Gasteiger partial charge in [0.1, 0.15) is 29.2 Å². The Labute approximate surface area is 186 Å². The predicted molar refractivity (Wildman–Crippen MR) is 113 cm³/mol. The van der Waals surface area contributed by atoms with Crippen LogP contribution < -0.4 is 9.64 Å². The van der Waals surface area contributed by atoms with E-state index in [4.69, 9.17) is 16.3 Å².